The van der Waals surface area contributed by atoms with Crippen LogP contribution in [0.25, 0.3) is 0 Å². The Hall–Kier alpha value is -2.34. The van der Waals surface area contributed by atoms with E-state index in [-0.39, 0.29) is 11.5 Å². The third-order valence-corrected chi connectivity index (χ3v) is 4.31. The highest BCUT2D eigenvalue weighted by Crippen LogP contribution is 2.18. The Morgan fingerprint density at radius 2 is 1.71 bits per heavy atom. The van der Waals surface area contributed by atoms with Gasteiger partial charge in [0.1, 0.15) is 0 Å². The van der Waals surface area contributed by atoms with Gasteiger partial charge in [-0.15, -0.1) is 0 Å². The van der Waals surface area contributed by atoms with E-state index in [0.29, 0.717) is 22.5 Å². The van der Waals surface area contributed by atoms with Crippen molar-refractivity contribution >= 4 is 27.2 Å². The summed E-state index contributed by atoms with van der Waals surface area (Å²) in [5.41, 5.74) is 7.50. The van der Waals surface area contributed by atoms with Crippen LogP contribution in [0.2, 0.25) is 0 Å². The van der Waals surface area contributed by atoms with Gasteiger partial charge in [0, 0.05) is 22.5 Å². The van der Waals surface area contributed by atoms with Crippen LogP contribution >= 0.6 is 0 Å². The van der Waals surface area contributed by atoms with Crippen LogP contribution in [0.5, 0.6) is 0 Å². The van der Waals surface area contributed by atoms with Gasteiger partial charge in [-0.1, -0.05) is 12.1 Å². The van der Waals surface area contributed by atoms with Gasteiger partial charge in [-0.3, -0.25) is 9.52 Å². The average molecular weight is 304 g/mol. The quantitative estimate of drug-likeness (QED) is 0.655. The lowest BCUT2D eigenvalue weighted by Gasteiger charge is -2.08. The number of ketones is 1. The zero-order valence-corrected chi connectivity index (χ0v) is 12.4. The van der Waals surface area contributed by atoms with E-state index < -0.39 is 10.0 Å². The van der Waals surface area contributed by atoms with E-state index in [1.807, 2.05) is 0 Å². The minimum Gasteiger partial charge on any atom is -0.398 e. The predicted molar refractivity (Wildman–Crippen MR) is 83.8 cm³/mol. The number of sulfonamides is 1. The summed E-state index contributed by atoms with van der Waals surface area (Å²) in [7, 11) is -3.32. The minimum atomic E-state index is -3.32. The molecule has 0 fully saturated rings. The lowest BCUT2D eigenvalue weighted by atomic mass is 10.0. The van der Waals surface area contributed by atoms with Crippen molar-refractivity contribution in [2.24, 2.45) is 0 Å². The summed E-state index contributed by atoms with van der Waals surface area (Å²) in [6, 6.07) is 13.1. The molecule has 3 N–H and O–H groups in total. The first-order valence-electron chi connectivity index (χ1n) is 6.42. The summed E-state index contributed by atoms with van der Waals surface area (Å²) in [5.74, 6) is -0.202. The minimum absolute atomic E-state index is 0.00572. The lowest BCUT2D eigenvalue weighted by Crippen LogP contribution is -2.14. The van der Waals surface area contributed by atoms with Crippen LogP contribution in [0.4, 0.5) is 11.4 Å². The van der Waals surface area contributed by atoms with Crippen molar-refractivity contribution in [3.63, 3.8) is 0 Å². The summed E-state index contributed by atoms with van der Waals surface area (Å²) in [6.45, 7) is 1.55. The Balaban J connectivity index is 2.24. The van der Waals surface area contributed by atoms with Gasteiger partial charge in [-0.25, -0.2) is 8.42 Å². The van der Waals surface area contributed by atoms with Crippen molar-refractivity contribution in [1.82, 2.24) is 0 Å². The summed E-state index contributed by atoms with van der Waals surface area (Å²) >= 11 is 0. The zero-order valence-electron chi connectivity index (χ0n) is 11.5. The number of nitrogens with one attached hydrogen (secondary N) is 1. The molecular formula is C15H16N2O3S. The molecule has 0 heterocycles. The molecule has 0 unspecified atom stereocenters. The van der Waals surface area contributed by atoms with E-state index in [9.17, 15) is 13.2 Å². The van der Waals surface area contributed by atoms with Gasteiger partial charge in [0.15, 0.2) is 5.78 Å². The fraction of sp³-hybridized carbons (Fsp3) is 0.133. The fourth-order valence-corrected chi connectivity index (χ4v) is 2.44. The van der Waals surface area contributed by atoms with Gasteiger partial charge in [-0.2, -0.15) is 0 Å². The van der Waals surface area contributed by atoms with E-state index in [1.165, 1.54) is 0 Å². The molecule has 0 amide bonds. The Morgan fingerprint density at radius 1 is 1.10 bits per heavy atom. The Bertz CT molecular complexity index is 753. The highest BCUT2D eigenvalue weighted by molar-refractivity contribution is 7.92. The van der Waals surface area contributed by atoms with Crippen LogP contribution in [-0.4, -0.2) is 20.0 Å². The molecule has 5 nitrogen and oxygen atoms in total. The normalized spacial score (nSPS) is 11.1. The number of nitrogen functional groups attached to an aromatic ring is 1. The Labute approximate surface area is 123 Å². The number of hydrogen-bond acceptors (Lipinski definition) is 4. The average Bonchev–Trinajstić information content (AvgIpc) is 2.47. The SMILES string of the molecule is CCS(=O)(=O)Nc1ccc(C(=O)c2ccccc2N)cc1. The molecule has 0 aliphatic carbocycles. The maximum Gasteiger partial charge on any atom is 0.232 e. The van der Waals surface area contributed by atoms with Crippen molar-refractivity contribution in [1.29, 1.82) is 0 Å². The van der Waals surface area contributed by atoms with Crippen molar-refractivity contribution in [3.05, 3.63) is 59.7 Å². The van der Waals surface area contributed by atoms with Gasteiger partial charge in [-0.05, 0) is 43.3 Å². The maximum absolute atomic E-state index is 12.3. The monoisotopic (exact) mass is 304 g/mol. The van der Waals surface area contributed by atoms with Crippen LogP contribution < -0.4 is 10.5 Å². The standard InChI is InChI=1S/C15H16N2O3S/c1-2-21(19,20)17-12-9-7-11(8-10-12)15(18)13-5-3-4-6-14(13)16/h3-10,17H,2,16H2,1H3. The first-order chi connectivity index (χ1) is 9.93. The largest absolute Gasteiger partial charge is 0.398 e. The van der Waals surface area contributed by atoms with Crippen LogP contribution in [0.3, 0.4) is 0 Å². The second-order valence-electron chi connectivity index (χ2n) is 4.50. The molecule has 0 atom stereocenters. The predicted octanol–water partition coefficient (Wildman–Crippen LogP) is 2.26. The molecule has 2 rings (SSSR count). The summed E-state index contributed by atoms with van der Waals surface area (Å²) < 4.78 is 25.3. The molecule has 0 radical (unpaired) electrons. The van der Waals surface area contributed by atoms with E-state index in [1.54, 1.807) is 55.5 Å². The summed E-state index contributed by atoms with van der Waals surface area (Å²) in [6.07, 6.45) is 0. The third kappa shape index (κ3) is 3.61. The van der Waals surface area contributed by atoms with Gasteiger partial charge in [0.05, 0.1) is 5.75 Å². The molecule has 21 heavy (non-hydrogen) atoms. The van der Waals surface area contributed by atoms with E-state index in [0.717, 1.165) is 0 Å². The number of benzene rings is 2. The highest BCUT2D eigenvalue weighted by Gasteiger charge is 2.12. The maximum atomic E-state index is 12.3. The molecule has 0 spiro atoms. The van der Waals surface area contributed by atoms with E-state index in [2.05, 4.69) is 4.72 Å². The lowest BCUT2D eigenvalue weighted by molar-refractivity contribution is 0.103. The molecule has 0 aromatic heterocycles. The van der Waals surface area contributed by atoms with E-state index in [4.69, 9.17) is 5.73 Å². The van der Waals surface area contributed by atoms with Gasteiger partial charge < -0.3 is 5.73 Å². The number of hydrogen-bond donors (Lipinski definition) is 2. The van der Waals surface area contributed by atoms with Crippen molar-refractivity contribution in [3.8, 4) is 0 Å². The summed E-state index contributed by atoms with van der Waals surface area (Å²) in [4.78, 5) is 12.3. The van der Waals surface area contributed by atoms with Crippen molar-refractivity contribution in [2.75, 3.05) is 16.2 Å². The first-order valence-corrected chi connectivity index (χ1v) is 8.08. The topological polar surface area (TPSA) is 89.3 Å². The second kappa shape index (κ2) is 5.97. The molecule has 6 heteroatoms. The molecule has 110 valence electrons. The number of carbonyl (C=O) groups excluding carboxylic acids is 1. The number of para-hydroxylation sites is 1. The number of rotatable bonds is 5. The van der Waals surface area contributed by atoms with Crippen LogP contribution in [0, 0.1) is 0 Å². The molecule has 0 aliphatic rings. The third-order valence-electron chi connectivity index (χ3n) is 3.01. The van der Waals surface area contributed by atoms with Crippen LogP contribution in [-0.2, 0) is 10.0 Å². The number of nitrogens with two attached hydrogens (primary N) is 1. The zero-order chi connectivity index (χ0) is 15.5. The highest BCUT2D eigenvalue weighted by atomic mass is 32.2. The molecule has 2 aromatic rings. The van der Waals surface area contributed by atoms with E-state index >= 15 is 0 Å². The van der Waals surface area contributed by atoms with Crippen molar-refractivity contribution < 1.29 is 13.2 Å². The molecule has 0 aliphatic heterocycles. The summed E-state index contributed by atoms with van der Waals surface area (Å²) in [5, 5.41) is 0. The Kier molecular flexibility index (Phi) is 4.28. The molecular weight excluding hydrogens is 288 g/mol. The first kappa shape index (κ1) is 15.1. The molecule has 0 saturated carbocycles. The second-order valence-corrected chi connectivity index (χ2v) is 6.51. The fourth-order valence-electron chi connectivity index (χ4n) is 1.80. The van der Waals surface area contributed by atoms with Gasteiger partial charge >= 0.3 is 0 Å². The smallest absolute Gasteiger partial charge is 0.232 e. The molecule has 0 saturated heterocycles. The van der Waals surface area contributed by atoms with Gasteiger partial charge in [0.25, 0.3) is 0 Å². The number of carbonyl (C=O) groups is 1. The van der Waals surface area contributed by atoms with Crippen LogP contribution in [0.15, 0.2) is 48.5 Å². The number of anilines is 2. The van der Waals surface area contributed by atoms with Crippen molar-refractivity contribution in [2.45, 2.75) is 6.92 Å². The molecule has 2 aromatic carbocycles. The Morgan fingerprint density at radius 3 is 2.29 bits per heavy atom. The van der Waals surface area contributed by atoms with Gasteiger partial charge in [0.2, 0.25) is 10.0 Å². The van der Waals surface area contributed by atoms with Crippen LogP contribution in [0.1, 0.15) is 22.8 Å². The molecule has 0 bridgehead atoms.